The Hall–Kier alpha value is -5.80. The number of carbonyl (C=O) groups excluding carboxylic acids is 2. The maximum atomic E-state index is 13.9. The molecule has 0 aliphatic carbocycles. The van der Waals surface area contributed by atoms with Crippen molar-refractivity contribution >= 4 is 11.8 Å². The number of nitroso groups, excluding NO2 is 2. The fraction of sp³-hybridized carbons (Fsp3) is 0.317. The van der Waals surface area contributed by atoms with Crippen LogP contribution >= 0.6 is 0 Å². The summed E-state index contributed by atoms with van der Waals surface area (Å²) in [6, 6.07) is 0. The highest BCUT2D eigenvalue weighted by atomic mass is 16.5. The minimum Gasteiger partial charge on any atom is -0.754 e. The molecule has 2 amide bonds. The smallest absolute Gasteiger partial charge is 0.285 e. The molecule has 0 fully saturated rings. The third kappa shape index (κ3) is 9.12. The minimum atomic E-state index is -0.384. The zero-order valence-electron chi connectivity index (χ0n) is 31.5. The fourth-order valence-corrected chi connectivity index (χ4v) is 7.29. The number of benzene rings is 1. The summed E-state index contributed by atoms with van der Waals surface area (Å²) < 4.78 is 1.14. The maximum absolute atomic E-state index is 13.9. The Bertz CT molecular complexity index is 1940. The van der Waals surface area contributed by atoms with Crippen LogP contribution in [-0.4, -0.2) is 49.5 Å². The SMILES string of the molecule is CCc1c(CN)c(CC)c(CNC(=O)CCC(=O)N(CC2=C[N+](=O)C(=C3C=CC=CN3[O-])C=C2)CC2=C[N+](=O)C(=C3C=CC=CN3[O-])C=C2)c(CC)c1CN. The lowest BCUT2D eigenvalue weighted by molar-refractivity contribution is -0.422. The van der Waals surface area contributed by atoms with Crippen molar-refractivity contribution in [3.05, 3.63) is 173 Å². The lowest BCUT2D eigenvalue weighted by atomic mass is 9.83. The Labute approximate surface area is 320 Å². The van der Waals surface area contributed by atoms with Crippen molar-refractivity contribution < 1.29 is 19.1 Å². The van der Waals surface area contributed by atoms with E-state index in [9.17, 15) is 29.8 Å². The lowest BCUT2D eigenvalue weighted by Crippen LogP contribution is -2.36. The van der Waals surface area contributed by atoms with Gasteiger partial charge in [0.05, 0.1) is 22.6 Å². The molecule has 0 spiro atoms. The summed E-state index contributed by atoms with van der Waals surface area (Å²) in [7, 11) is 0. The summed E-state index contributed by atoms with van der Waals surface area (Å²) in [5, 5.41) is 28.8. The van der Waals surface area contributed by atoms with Crippen LogP contribution in [0.5, 0.6) is 0 Å². The van der Waals surface area contributed by atoms with Crippen molar-refractivity contribution in [1.82, 2.24) is 20.3 Å². The van der Waals surface area contributed by atoms with E-state index in [-0.39, 0.29) is 67.1 Å². The molecule has 1 aromatic rings. The van der Waals surface area contributed by atoms with Gasteiger partial charge >= 0.3 is 0 Å². The molecule has 0 radical (unpaired) electrons. The number of allylic oxidation sites excluding steroid dienone is 8. The molecule has 55 heavy (non-hydrogen) atoms. The molecule has 0 saturated heterocycles. The van der Waals surface area contributed by atoms with Crippen LogP contribution in [0.4, 0.5) is 0 Å². The second-order valence-electron chi connectivity index (χ2n) is 13.2. The van der Waals surface area contributed by atoms with Crippen LogP contribution in [0, 0.1) is 20.2 Å². The lowest BCUT2D eigenvalue weighted by Gasteiger charge is -2.28. The molecular formula is C41H48N8O6. The number of hydrogen-bond acceptors (Lipinski definition) is 10. The molecule has 0 bridgehead atoms. The van der Waals surface area contributed by atoms with Gasteiger partial charge in [0.25, 0.3) is 11.4 Å². The van der Waals surface area contributed by atoms with E-state index in [1.807, 2.05) is 0 Å². The summed E-state index contributed by atoms with van der Waals surface area (Å²) in [6.45, 7) is 7.19. The van der Waals surface area contributed by atoms with Crippen molar-refractivity contribution in [2.45, 2.75) is 72.5 Å². The van der Waals surface area contributed by atoms with Gasteiger partial charge in [-0.25, -0.2) is 0 Å². The Kier molecular flexibility index (Phi) is 13.6. The quantitative estimate of drug-likeness (QED) is 0.214. The van der Waals surface area contributed by atoms with E-state index in [1.54, 1.807) is 36.5 Å². The van der Waals surface area contributed by atoms with Gasteiger partial charge in [-0.05, 0) is 101 Å². The normalized spacial score (nSPS) is 19.0. The van der Waals surface area contributed by atoms with Gasteiger partial charge < -0.3 is 42.2 Å². The molecule has 4 aliphatic heterocycles. The maximum Gasteiger partial charge on any atom is 0.285 e. The number of carbonyl (C=O) groups is 2. The molecule has 0 unspecified atom stereocenters. The van der Waals surface area contributed by atoms with Crippen molar-refractivity contribution in [1.29, 1.82) is 0 Å². The Morgan fingerprint density at radius 2 is 1.11 bits per heavy atom. The van der Waals surface area contributed by atoms with E-state index >= 15 is 0 Å². The first-order valence-electron chi connectivity index (χ1n) is 18.5. The van der Waals surface area contributed by atoms with Crippen LogP contribution in [0.25, 0.3) is 0 Å². The molecule has 0 saturated carbocycles. The summed E-state index contributed by atoms with van der Waals surface area (Å²) in [5.41, 5.74) is 20.6. The zero-order chi connectivity index (χ0) is 39.6. The monoisotopic (exact) mass is 748 g/mol. The van der Waals surface area contributed by atoms with Crippen LogP contribution in [0.15, 0.2) is 119 Å². The van der Waals surface area contributed by atoms with E-state index < -0.39 is 0 Å². The topological polar surface area (TPSA) is 194 Å². The van der Waals surface area contributed by atoms with Gasteiger partial charge in [0.2, 0.25) is 24.2 Å². The molecule has 14 heteroatoms. The van der Waals surface area contributed by atoms with Gasteiger partial charge in [0.1, 0.15) is 11.4 Å². The van der Waals surface area contributed by atoms with Gasteiger partial charge in [0.15, 0.2) is 0 Å². The predicted octanol–water partition coefficient (Wildman–Crippen LogP) is 5.17. The molecule has 4 aliphatic rings. The van der Waals surface area contributed by atoms with Crippen LogP contribution in [0.2, 0.25) is 0 Å². The molecule has 5 rings (SSSR count). The van der Waals surface area contributed by atoms with Crippen molar-refractivity contribution in [3.8, 4) is 0 Å². The third-order valence-electron chi connectivity index (χ3n) is 9.91. The molecule has 1 aromatic carbocycles. The summed E-state index contributed by atoms with van der Waals surface area (Å²) in [4.78, 5) is 54.8. The van der Waals surface area contributed by atoms with E-state index in [0.717, 1.165) is 47.1 Å². The van der Waals surface area contributed by atoms with Gasteiger partial charge in [-0.15, -0.1) is 0 Å². The highest BCUT2D eigenvalue weighted by Crippen LogP contribution is 2.31. The van der Waals surface area contributed by atoms with Crippen LogP contribution in [0.3, 0.4) is 0 Å². The Balaban J connectivity index is 1.33. The predicted molar refractivity (Wildman–Crippen MR) is 211 cm³/mol. The third-order valence-corrected chi connectivity index (χ3v) is 9.91. The first-order chi connectivity index (χ1) is 26.5. The van der Waals surface area contributed by atoms with E-state index in [2.05, 4.69) is 26.1 Å². The first-order valence-corrected chi connectivity index (χ1v) is 18.5. The van der Waals surface area contributed by atoms with E-state index in [4.69, 9.17) is 11.5 Å². The largest absolute Gasteiger partial charge is 0.754 e. The Morgan fingerprint density at radius 3 is 1.51 bits per heavy atom. The first kappa shape index (κ1) is 40.4. The van der Waals surface area contributed by atoms with Gasteiger partial charge in [0, 0.05) is 65.6 Å². The van der Waals surface area contributed by atoms with E-state index in [1.165, 1.54) is 59.6 Å². The molecular weight excluding hydrogens is 701 g/mol. The molecule has 14 nitrogen and oxygen atoms in total. The van der Waals surface area contributed by atoms with Crippen LogP contribution in [-0.2, 0) is 48.5 Å². The van der Waals surface area contributed by atoms with Crippen molar-refractivity contribution in [2.24, 2.45) is 11.5 Å². The second kappa shape index (κ2) is 18.5. The number of hydroxylamine groups is 4. The number of nitrogens with one attached hydrogen (secondary N) is 1. The Morgan fingerprint density at radius 1 is 0.655 bits per heavy atom. The number of nitrogens with zero attached hydrogens (tertiary/aromatic N) is 5. The molecule has 0 atom stereocenters. The molecule has 0 aromatic heterocycles. The van der Waals surface area contributed by atoms with Crippen molar-refractivity contribution in [3.63, 3.8) is 0 Å². The molecule has 5 N–H and O–H groups in total. The average molecular weight is 749 g/mol. The highest BCUT2D eigenvalue weighted by Gasteiger charge is 2.29. The minimum absolute atomic E-state index is 0.0256. The summed E-state index contributed by atoms with van der Waals surface area (Å²) in [6.07, 6.45) is 23.0. The standard InChI is InChI=1S/C41H48N8O6/c1-4-30-33(21-42)31(5-2)35(32(6-3)34(30)22-43)23-44-40(50)17-18-41(51)45(24-28-13-15-38(48(54)26-28)36-11-7-9-19-46(36)52)25-29-14-16-39(49(55)27-29)37-12-8-10-20-47(37)53/h7-16,19-20,26-27H,4-6,17-18,21-25,42-43H2,1-3H3,(H,44,50). The van der Waals surface area contributed by atoms with Crippen molar-refractivity contribution in [2.75, 3.05) is 13.1 Å². The fourth-order valence-electron chi connectivity index (χ4n) is 7.29. The van der Waals surface area contributed by atoms with Crippen LogP contribution in [0.1, 0.15) is 67.0 Å². The summed E-state index contributed by atoms with van der Waals surface area (Å²) >= 11 is 0. The average Bonchev–Trinajstić information content (AvgIpc) is 3.18. The molecule has 288 valence electrons. The van der Waals surface area contributed by atoms with Gasteiger partial charge in [-0.2, -0.15) is 0 Å². The summed E-state index contributed by atoms with van der Waals surface area (Å²) in [5.74, 6) is -0.697. The number of amides is 2. The van der Waals surface area contributed by atoms with Gasteiger partial charge in [-0.1, -0.05) is 32.9 Å². The highest BCUT2D eigenvalue weighted by molar-refractivity contribution is 5.84. The number of rotatable bonds is 14. The van der Waals surface area contributed by atoms with Crippen LogP contribution < -0.4 is 16.8 Å². The second-order valence-corrected chi connectivity index (χ2v) is 13.2. The van der Waals surface area contributed by atoms with E-state index in [0.29, 0.717) is 43.9 Å². The van der Waals surface area contributed by atoms with Gasteiger partial charge in [-0.3, -0.25) is 9.59 Å². The number of nitrogens with two attached hydrogens (primary N) is 2. The molecule has 4 heterocycles. The number of hydrogen-bond donors (Lipinski definition) is 3. The zero-order valence-corrected chi connectivity index (χ0v) is 31.5.